The van der Waals surface area contributed by atoms with Crippen molar-refractivity contribution in [2.75, 3.05) is 39.6 Å². The number of aliphatic hydroxyl groups excluding tert-OH is 2. The first-order chi connectivity index (χ1) is 47.2. The molecule has 16 nitrogen and oxygen atoms in total. The molecule has 0 aromatic rings. The number of rotatable bonds is 70. The van der Waals surface area contributed by atoms with Gasteiger partial charge >= 0.3 is 33.6 Å². The summed E-state index contributed by atoms with van der Waals surface area (Å²) in [4.78, 5) is 58.4. The predicted molar refractivity (Wildman–Crippen MR) is 399 cm³/mol. The first kappa shape index (κ1) is 92.7. The third kappa shape index (κ3) is 72.8. The fraction of sp³-hybridized carbons (Fsp3) is 0.684. The van der Waals surface area contributed by atoms with Crippen molar-refractivity contribution in [1.82, 2.24) is 0 Å². The summed E-state index contributed by atoms with van der Waals surface area (Å²) in [5, 5.41) is 20.6. The van der Waals surface area contributed by atoms with E-state index in [-0.39, 0.29) is 19.3 Å². The predicted octanol–water partition coefficient (Wildman–Crippen LogP) is 21.5. The number of hydrogen-bond donors (Lipinski definition) is 4. The highest BCUT2D eigenvalue weighted by Gasteiger charge is 2.29. The molecule has 0 saturated heterocycles. The minimum Gasteiger partial charge on any atom is -0.463 e. The minimum atomic E-state index is -4.94. The summed E-state index contributed by atoms with van der Waals surface area (Å²) in [5.74, 6) is -1.64. The van der Waals surface area contributed by atoms with Crippen molar-refractivity contribution in [2.24, 2.45) is 0 Å². The molecule has 5 unspecified atom stereocenters. The Balaban J connectivity index is 4.48. The normalized spacial score (nSPS) is 14.8. The Bertz CT molecular complexity index is 2300. The highest BCUT2D eigenvalue weighted by Crippen LogP contribution is 2.45. The molecule has 0 fully saturated rings. The largest absolute Gasteiger partial charge is 0.472 e. The zero-order valence-corrected chi connectivity index (χ0v) is 62.2. The van der Waals surface area contributed by atoms with E-state index in [9.17, 15) is 43.5 Å². The number of unbranched alkanes of at least 4 members (excludes halogenated alkanes) is 25. The van der Waals surface area contributed by atoms with Gasteiger partial charge in [-0.25, -0.2) is 9.13 Å². The zero-order chi connectivity index (χ0) is 70.9. The van der Waals surface area contributed by atoms with E-state index in [4.69, 9.17) is 32.3 Å². The van der Waals surface area contributed by atoms with Gasteiger partial charge in [-0.1, -0.05) is 296 Å². The Morgan fingerprint density at radius 2 is 0.557 bits per heavy atom. The van der Waals surface area contributed by atoms with Crippen LogP contribution in [0.1, 0.15) is 290 Å². The van der Waals surface area contributed by atoms with E-state index < -0.39 is 91.5 Å². The topological polar surface area (TPSA) is 231 Å². The van der Waals surface area contributed by atoms with Crippen molar-refractivity contribution in [3.63, 3.8) is 0 Å². The monoisotopic (exact) mass is 1400 g/mol. The van der Waals surface area contributed by atoms with Crippen LogP contribution in [0.15, 0.2) is 134 Å². The van der Waals surface area contributed by atoms with Gasteiger partial charge in [0.05, 0.1) is 26.4 Å². The molecule has 0 heterocycles. The summed E-state index contributed by atoms with van der Waals surface area (Å²) in [6, 6.07) is 0. The second kappa shape index (κ2) is 71.5. The Morgan fingerprint density at radius 3 is 0.907 bits per heavy atom. The van der Waals surface area contributed by atoms with Gasteiger partial charge in [0.2, 0.25) is 0 Å². The van der Waals surface area contributed by atoms with Crippen molar-refractivity contribution in [2.45, 2.75) is 309 Å². The average Bonchev–Trinajstić information content (AvgIpc) is 1.62. The zero-order valence-electron chi connectivity index (χ0n) is 60.5. The summed E-state index contributed by atoms with van der Waals surface area (Å²) < 4.78 is 60.9. The molecule has 0 aliphatic carbocycles. The number of esters is 3. The van der Waals surface area contributed by atoms with Crippen LogP contribution in [-0.2, 0) is 55.8 Å². The van der Waals surface area contributed by atoms with Gasteiger partial charge in [0, 0.05) is 19.3 Å². The first-order valence-corrected chi connectivity index (χ1v) is 40.5. The van der Waals surface area contributed by atoms with E-state index in [1.807, 2.05) is 12.2 Å². The number of aliphatic hydroxyl groups is 2. The van der Waals surface area contributed by atoms with Crippen LogP contribution < -0.4 is 0 Å². The van der Waals surface area contributed by atoms with Gasteiger partial charge < -0.3 is 34.2 Å². The van der Waals surface area contributed by atoms with Crippen molar-refractivity contribution in [1.29, 1.82) is 0 Å². The van der Waals surface area contributed by atoms with Gasteiger partial charge in [-0.15, -0.1) is 0 Å². The molecule has 0 aromatic carbocycles. The maximum atomic E-state index is 12.9. The van der Waals surface area contributed by atoms with Crippen LogP contribution in [0.5, 0.6) is 0 Å². The van der Waals surface area contributed by atoms with E-state index in [0.717, 1.165) is 122 Å². The van der Waals surface area contributed by atoms with Crippen LogP contribution in [0.4, 0.5) is 0 Å². The number of phosphoric ester groups is 2. The van der Waals surface area contributed by atoms with Crippen LogP contribution in [0, 0.1) is 0 Å². The molecule has 0 spiro atoms. The molecule has 4 N–H and O–H groups in total. The molecular formula is C79H134O16P2. The van der Waals surface area contributed by atoms with Gasteiger partial charge in [0.15, 0.2) is 6.10 Å². The smallest absolute Gasteiger partial charge is 0.463 e. The standard InChI is InChI=1S/C79H134O16P2/c1-4-7-10-13-16-19-22-25-27-29-30-31-32-33-34-35-36-37-38-39-40-41-42-44-46-48-50-53-56-59-62-65-77(82)89-68-74(80)69-91-96(85,86)92-70-75(81)71-93-97(87,88)94-73-76(95-79(84)67-64-61-58-55-52-47-24-21-18-15-12-9-6-3)72-90-78(83)66-63-60-57-54-51-49-45-43-28-26-23-20-17-14-11-8-5-2/h7-8,10-11,16-17,19-20,25-28,30-31,33-34,36-37,45,49,54,57,74-76,80-81H,4-6,9,12-15,18,21-24,29,32,35,38-44,46-48,50-53,55-56,58-73H2,1-3H3,(H,85,86)(H,87,88)/b10-7-,11-8-,19-16-,20-17-,27-25-,28-26-,31-30-,34-33-,37-36-,49-45-,57-54-. The molecule has 18 heteroatoms. The Kier molecular flexibility index (Phi) is 68.3. The number of allylic oxidation sites excluding steroid dienone is 22. The van der Waals surface area contributed by atoms with Gasteiger partial charge in [-0.3, -0.25) is 32.5 Å². The Labute approximate surface area is 588 Å². The van der Waals surface area contributed by atoms with E-state index in [1.165, 1.54) is 103 Å². The maximum Gasteiger partial charge on any atom is 0.472 e. The lowest BCUT2D eigenvalue weighted by Crippen LogP contribution is -2.30. The molecule has 5 atom stereocenters. The number of carbonyl (C=O) groups is 3. The van der Waals surface area contributed by atoms with Crippen molar-refractivity contribution in [3.05, 3.63) is 134 Å². The van der Waals surface area contributed by atoms with Crippen molar-refractivity contribution in [3.8, 4) is 0 Å². The second-order valence-electron chi connectivity index (χ2n) is 24.7. The molecule has 0 saturated carbocycles. The molecule has 0 bridgehead atoms. The van der Waals surface area contributed by atoms with Crippen LogP contribution in [0.25, 0.3) is 0 Å². The summed E-state index contributed by atoms with van der Waals surface area (Å²) in [7, 11) is -9.80. The Morgan fingerprint density at radius 1 is 0.299 bits per heavy atom. The molecule has 0 aliphatic rings. The lowest BCUT2D eigenvalue weighted by molar-refractivity contribution is -0.161. The van der Waals surface area contributed by atoms with Crippen LogP contribution in [-0.4, -0.2) is 95.9 Å². The third-order valence-corrected chi connectivity index (χ3v) is 17.3. The molecule has 0 aliphatic heterocycles. The summed E-state index contributed by atoms with van der Waals surface area (Å²) in [6.45, 7) is 2.38. The summed E-state index contributed by atoms with van der Waals surface area (Å²) in [6.07, 6.45) is 85.2. The maximum absolute atomic E-state index is 12.9. The quantitative estimate of drug-likeness (QED) is 0.0146. The molecule has 0 radical (unpaired) electrons. The van der Waals surface area contributed by atoms with Gasteiger partial charge in [-0.2, -0.15) is 0 Å². The number of phosphoric acid groups is 2. The number of ether oxygens (including phenoxy) is 3. The Hall–Kier alpha value is -4.31. The van der Waals surface area contributed by atoms with E-state index in [2.05, 4.69) is 142 Å². The fourth-order valence-corrected chi connectivity index (χ4v) is 11.3. The minimum absolute atomic E-state index is 0.0918. The molecule has 0 aromatic heterocycles. The highest BCUT2D eigenvalue weighted by atomic mass is 31.2. The van der Waals surface area contributed by atoms with Gasteiger partial charge in [0.1, 0.15) is 25.4 Å². The second-order valence-corrected chi connectivity index (χ2v) is 27.6. The van der Waals surface area contributed by atoms with E-state index in [0.29, 0.717) is 25.7 Å². The highest BCUT2D eigenvalue weighted by molar-refractivity contribution is 7.47. The fourth-order valence-electron chi connectivity index (χ4n) is 9.73. The molecule has 0 amide bonds. The average molecular weight is 1400 g/mol. The first-order valence-electron chi connectivity index (χ1n) is 37.5. The number of hydrogen-bond acceptors (Lipinski definition) is 14. The van der Waals surface area contributed by atoms with Gasteiger partial charge in [-0.05, 0) is 109 Å². The van der Waals surface area contributed by atoms with Crippen molar-refractivity contribution < 1.29 is 75.8 Å². The SMILES string of the molecule is CC/C=C\C/C=C\C/C=C\C/C=C\C/C=C\C/C=C\CCCCCCCCCCCCCCC(=O)OCC(O)COP(=O)(O)OCC(O)COP(=O)(O)OCC(COC(=O)CCC/C=C\C/C=C\C/C=C\C/C=C\C/C=C\CC)OC(=O)CCCCCCCCCCCCCCC. The van der Waals surface area contributed by atoms with Crippen LogP contribution >= 0.6 is 15.6 Å². The lowest BCUT2D eigenvalue weighted by Gasteiger charge is -2.21. The van der Waals surface area contributed by atoms with Gasteiger partial charge in [0.25, 0.3) is 0 Å². The lowest BCUT2D eigenvalue weighted by atomic mass is 10.0. The van der Waals surface area contributed by atoms with Crippen LogP contribution in [0.3, 0.4) is 0 Å². The van der Waals surface area contributed by atoms with E-state index in [1.54, 1.807) is 0 Å². The van der Waals surface area contributed by atoms with Crippen LogP contribution in [0.2, 0.25) is 0 Å². The summed E-state index contributed by atoms with van der Waals surface area (Å²) in [5.41, 5.74) is 0. The summed E-state index contributed by atoms with van der Waals surface area (Å²) >= 11 is 0. The molecule has 556 valence electrons. The molecule has 97 heavy (non-hydrogen) atoms. The third-order valence-electron chi connectivity index (χ3n) is 15.4. The molecule has 0 rings (SSSR count). The van der Waals surface area contributed by atoms with Crippen molar-refractivity contribution >= 4 is 33.6 Å². The van der Waals surface area contributed by atoms with E-state index >= 15 is 0 Å². The molecular weight excluding hydrogens is 1270 g/mol. The number of carbonyl (C=O) groups excluding carboxylic acids is 3.